The van der Waals surface area contributed by atoms with E-state index in [1.807, 2.05) is 11.0 Å². The molecule has 26 heavy (non-hydrogen) atoms. The minimum absolute atomic E-state index is 0.142. The number of anilines is 1. The Labute approximate surface area is 154 Å². The Bertz CT molecular complexity index is 973. The summed E-state index contributed by atoms with van der Waals surface area (Å²) < 4.78 is 2.30. The highest BCUT2D eigenvalue weighted by atomic mass is 16.2. The Hall–Kier alpha value is -2.62. The van der Waals surface area contributed by atoms with Crippen molar-refractivity contribution in [1.29, 1.82) is 0 Å². The van der Waals surface area contributed by atoms with Gasteiger partial charge in [-0.05, 0) is 55.7 Å². The van der Waals surface area contributed by atoms with E-state index in [0.717, 1.165) is 30.0 Å². The number of benzene rings is 2. The number of para-hydroxylation sites is 2. The summed E-state index contributed by atoms with van der Waals surface area (Å²) in [5.41, 5.74) is 5.66. The van der Waals surface area contributed by atoms with Gasteiger partial charge in [-0.3, -0.25) is 4.79 Å². The van der Waals surface area contributed by atoms with Crippen molar-refractivity contribution in [1.82, 2.24) is 9.55 Å². The number of nitrogens with zero attached hydrogens (tertiary/aromatic N) is 3. The average Bonchev–Trinajstić information content (AvgIpc) is 3.19. The fraction of sp³-hybridized carbons (Fsp3) is 0.364. The first kappa shape index (κ1) is 16.8. The first-order chi connectivity index (χ1) is 12.6. The molecule has 0 aliphatic carbocycles. The van der Waals surface area contributed by atoms with Crippen LogP contribution < -0.4 is 4.90 Å². The van der Waals surface area contributed by atoms with Gasteiger partial charge in [0.05, 0.1) is 11.0 Å². The minimum Gasteiger partial charge on any atom is -0.328 e. The molecule has 1 aliphatic heterocycles. The summed E-state index contributed by atoms with van der Waals surface area (Å²) in [6, 6.07) is 14.5. The first-order valence-electron chi connectivity index (χ1n) is 9.41. The van der Waals surface area contributed by atoms with E-state index in [1.54, 1.807) is 0 Å². The highest BCUT2D eigenvalue weighted by Gasteiger charge is 2.34. The molecule has 134 valence electrons. The fourth-order valence-electron chi connectivity index (χ4n) is 3.89. The van der Waals surface area contributed by atoms with Crippen LogP contribution in [0.1, 0.15) is 42.6 Å². The van der Waals surface area contributed by atoms with Gasteiger partial charge < -0.3 is 9.47 Å². The summed E-state index contributed by atoms with van der Waals surface area (Å²) in [4.78, 5) is 19.5. The number of aromatic nitrogens is 2. The third kappa shape index (κ3) is 2.79. The summed E-state index contributed by atoms with van der Waals surface area (Å²) >= 11 is 0. The molecule has 0 N–H and O–H groups in total. The van der Waals surface area contributed by atoms with Gasteiger partial charge in [-0.1, -0.05) is 25.1 Å². The van der Waals surface area contributed by atoms with Crippen molar-refractivity contribution in [3.63, 3.8) is 0 Å². The zero-order chi connectivity index (χ0) is 18.3. The number of fused-ring (bicyclic) bond motifs is 1. The number of hydrogen-bond acceptors (Lipinski definition) is 2. The van der Waals surface area contributed by atoms with Crippen molar-refractivity contribution in [3.05, 3.63) is 59.4 Å². The van der Waals surface area contributed by atoms with Gasteiger partial charge in [0.1, 0.15) is 5.82 Å². The van der Waals surface area contributed by atoms with Crippen molar-refractivity contribution in [2.75, 3.05) is 11.4 Å². The van der Waals surface area contributed by atoms with Crippen molar-refractivity contribution in [3.8, 4) is 0 Å². The maximum atomic E-state index is 12.7. The summed E-state index contributed by atoms with van der Waals surface area (Å²) in [7, 11) is 0. The lowest BCUT2D eigenvalue weighted by Gasteiger charge is -2.18. The van der Waals surface area contributed by atoms with Crippen molar-refractivity contribution < 1.29 is 4.79 Å². The molecule has 2 heterocycles. The number of imidazole rings is 1. The topological polar surface area (TPSA) is 38.1 Å². The lowest BCUT2D eigenvalue weighted by Crippen LogP contribution is -2.24. The van der Waals surface area contributed by atoms with E-state index in [4.69, 9.17) is 4.98 Å². The number of hydrogen-bond donors (Lipinski definition) is 0. The van der Waals surface area contributed by atoms with Gasteiger partial charge in [-0.15, -0.1) is 0 Å². The van der Waals surface area contributed by atoms with Gasteiger partial charge in [-0.25, -0.2) is 4.98 Å². The van der Waals surface area contributed by atoms with E-state index in [0.29, 0.717) is 13.0 Å². The third-order valence-corrected chi connectivity index (χ3v) is 5.42. The molecule has 1 saturated heterocycles. The predicted molar refractivity (Wildman–Crippen MR) is 106 cm³/mol. The van der Waals surface area contributed by atoms with Crippen LogP contribution in [0.4, 0.5) is 5.69 Å². The molecule has 2 aromatic carbocycles. The molecule has 4 rings (SSSR count). The zero-order valence-corrected chi connectivity index (χ0v) is 15.7. The van der Waals surface area contributed by atoms with Crippen LogP contribution in [0.15, 0.2) is 42.5 Å². The molecule has 0 bridgehead atoms. The largest absolute Gasteiger partial charge is 0.328 e. The molecule has 1 atom stereocenters. The van der Waals surface area contributed by atoms with Gasteiger partial charge in [0, 0.05) is 31.1 Å². The van der Waals surface area contributed by atoms with E-state index < -0.39 is 0 Å². The molecular formula is C22H25N3O. The lowest BCUT2D eigenvalue weighted by molar-refractivity contribution is -0.117. The zero-order valence-electron chi connectivity index (χ0n) is 15.7. The Balaban J connectivity index is 1.69. The van der Waals surface area contributed by atoms with Crippen LogP contribution >= 0.6 is 0 Å². The Morgan fingerprint density at radius 2 is 1.92 bits per heavy atom. The van der Waals surface area contributed by atoms with Gasteiger partial charge in [0.15, 0.2) is 0 Å². The molecular weight excluding hydrogens is 322 g/mol. The fourth-order valence-corrected chi connectivity index (χ4v) is 3.89. The smallest absolute Gasteiger partial charge is 0.227 e. The van der Waals surface area contributed by atoms with Crippen LogP contribution in [-0.2, 0) is 11.3 Å². The highest BCUT2D eigenvalue weighted by molar-refractivity contribution is 5.96. The van der Waals surface area contributed by atoms with Crippen LogP contribution in [-0.4, -0.2) is 22.0 Å². The van der Waals surface area contributed by atoms with Crippen molar-refractivity contribution >= 4 is 22.6 Å². The monoisotopic (exact) mass is 347 g/mol. The van der Waals surface area contributed by atoms with E-state index in [9.17, 15) is 4.79 Å². The number of rotatable bonds is 4. The standard InChI is InChI=1S/C22H25N3O/c1-4-11-24-20-8-6-5-7-19(20)23-22(24)17-13-21(26)25(14-17)18-10-9-15(2)16(3)12-18/h5-10,12,17H,4,11,13-14H2,1-3H3. The van der Waals surface area contributed by atoms with Crippen molar-refractivity contribution in [2.24, 2.45) is 0 Å². The SMILES string of the molecule is CCCn1c(C2CC(=O)N(c3ccc(C)c(C)c3)C2)nc2ccccc21. The van der Waals surface area contributed by atoms with Crippen LogP contribution in [0.3, 0.4) is 0 Å². The second-order valence-corrected chi connectivity index (χ2v) is 7.28. The predicted octanol–water partition coefficient (Wildman–Crippen LogP) is 4.58. The quantitative estimate of drug-likeness (QED) is 0.693. The summed E-state index contributed by atoms with van der Waals surface area (Å²) in [6.45, 7) is 8.01. The van der Waals surface area contributed by atoms with E-state index in [-0.39, 0.29) is 11.8 Å². The van der Waals surface area contributed by atoms with Crippen LogP contribution in [0, 0.1) is 13.8 Å². The third-order valence-electron chi connectivity index (χ3n) is 5.42. The molecule has 4 nitrogen and oxygen atoms in total. The normalized spacial score (nSPS) is 17.4. The lowest BCUT2D eigenvalue weighted by atomic mass is 10.1. The van der Waals surface area contributed by atoms with Gasteiger partial charge >= 0.3 is 0 Å². The number of amides is 1. The Morgan fingerprint density at radius 3 is 2.69 bits per heavy atom. The van der Waals surface area contributed by atoms with Crippen LogP contribution in [0.2, 0.25) is 0 Å². The summed E-state index contributed by atoms with van der Waals surface area (Å²) in [5, 5.41) is 0. The molecule has 0 spiro atoms. The van der Waals surface area contributed by atoms with Gasteiger partial charge in [-0.2, -0.15) is 0 Å². The van der Waals surface area contributed by atoms with Crippen LogP contribution in [0.5, 0.6) is 0 Å². The van der Waals surface area contributed by atoms with E-state index >= 15 is 0 Å². The molecule has 1 unspecified atom stereocenters. The Kier molecular flexibility index (Phi) is 4.27. The highest BCUT2D eigenvalue weighted by Crippen LogP contribution is 2.33. The maximum absolute atomic E-state index is 12.7. The molecule has 0 saturated carbocycles. The molecule has 3 aromatic rings. The average molecular weight is 347 g/mol. The molecule has 0 radical (unpaired) electrons. The van der Waals surface area contributed by atoms with Crippen LogP contribution in [0.25, 0.3) is 11.0 Å². The first-order valence-corrected chi connectivity index (χ1v) is 9.41. The molecule has 1 fully saturated rings. The number of aryl methyl sites for hydroxylation is 3. The van der Waals surface area contributed by atoms with Gasteiger partial charge in [0.2, 0.25) is 5.91 Å². The minimum atomic E-state index is 0.142. The molecule has 4 heteroatoms. The maximum Gasteiger partial charge on any atom is 0.227 e. The second kappa shape index (κ2) is 6.60. The number of carbonyl (C=O) groups is 1. The van der Waals surface area contributed by atoms with Crippen molar-refractivity contribution in [2.45, 2.75) is 46.1 Å². The number of carbonyl (C=O) groups excluding carboxylic acids is 1. The summed E-state index contributed by atoms with van der Waals surface area (Å²) in [6.07, 6.45) is 1.58. The second-order valence-electron chi connectivity index (χ2n) is 7.28. The molecule has 1 aliphatic rings. The Morgan fingerprint density at radius 1 is 1.12 bits per heavy atom. The molecule has 1 amide bonds. The van der Waals surface area contributed by atoms with E-state index in [1.165, 1.54) is 16.6 Å². The van der Waals surface area contributed by atoms with E-state index in [2.05, 4.69) is 61.7 Å². The summed E-state index contributed by atoms with van der Waals surface area (Å²) in [5.74, 6) is 1.38. The molecule has 1 aromatic heterocycles. The van der Waals surface area contributed by atoms with Gasteiger partial charge in [0.25, 0.3) is 0 Å².